The third-order valence-corrected chi connectivity index (χ3v) is 1.99. The van der Waals surface area contributed by atoms with Gasteiger partial charge in [0.1, 0.15) is 6.33 Å². The molecule has 0 radical (unpaired) electrons. The molecule has 0 aliphatic rings. The number of nitrogens with one attached hydrogen (secondary N) is 1. The maximum atomic E-state index is 5.33. The van der Waals surface area contributed by atoms with Crippen molar-refractivity contribution in [1.29, 1.82) is 0 Å². The Balaban J connectivity index is 2.56. The number of nitrogens with two attached hydrogens (primary N) is 1. The first kappa shape index (κ1) is 10.2. The highest BCUT2D eigenvalue weighted by molar-refractivity contribution is 7.99. The Morgan fingerprint density at radius 1 is 1.54 bits per heavy atom. The Morgan fingerprint density at radius 2 is 2.38 bits per heavy atom. The Labute approximate surface area is 81.6 Å². The lowest BCUT2D eigenvalue weighted by Crippen LogP contribution is -2.15. The van der Waals surface area contributed by atoms with Gasteiger partial charge in [0.2, 0.25) is 5.95 Å². The summed E-state index contributed by atoms with van der Waals surface area (Å²) in [7, 11) is 0. The number of hydrogen-bond donors (Lipinski definition) is 2. The lowest BCUT2D eigenvalue weighted by Gasteiger charge is -2.02. The van der Waals surface area contributed by atoms with Crippen LogP contribution < -0.4 is 11.1 Å². The lowest BCUT2D eigenvalue weighted by molar-refractivity contribution is 0.887. The fourth-order valence-corrected chi connectivity index (χ4v) is 1.28. The van der Waals surface area contributed by atoms with Crippen molar-refractivity contribution in [3.8, 4) is 0 Å². The van der Waals surface area contributed by atoms with Gasteiger partial charge < -0.3 is 11.1 Å². The molecule has 0 aliphatic heterocycles. The molecule has 0 amide bonds. The number of hydrogen-bond acceptors (Lipinski definition) is 6. The fraction of sp³-hybridized carbons (Fsp3) is 0.571. The Kier molecular flexibility index (Phi) is 4.48. The molecule has 0 atom stereocenters. The first-order valence-electron chi connectivity index (χ1n) is 4.12. The monoisotopic (exact) mass is 199 g/mol. The molecule has 6 heteroatoms. The molecular weight excluding hydrogens is 186 g/mol. The predicted octanol–water partition coefficient (Wildman–Crippen LogP) is 0.354. The van der Waals surface area contributed by atoms with Crippen molar-refractivity contribution in [3.05, 3.63) is 6.33 Å². The molecule has 1 aromatic heterocycles. The predicted molar refractivity (Wildman–Crippen MR) is 53.8 cm³/mol. The molecule has 5 nitrogen and oxygen atoms in total. The molecule has 0 unspecified atom stereocenters. The number of thioether (sulfide) groups is 1. The summed E-state index contributed by atoms with van der Waals surface area (Å²) in [6, 6.07) is 0. The number of anilines is 1. The third kappa shape index (κ3) is 3.56. The van der Waals surface area contributed by atoms with Crippen LogP contribution in [0, 0.1) is 0 Å². The van der Waals surface area contributed by atoms with E-state index in [0.29, 0.717) is 19.0 Å². The Bertz CT molecular complexity index is 254. The molecule has 72 valence electrons. The minimum absolute atomic E-state index is 0.571. The van der Waals surface area contributed by atoms with Gasteiger partial charge in [0.15, 0.2) is 5.16 Å². The second-order valence-electron chi connectivity index (χ2n) is 2.24. The molecular formula is C7H13N5S. The average Bonchev–Trinajstić information content (AvgIpc) is 2.16. The second kappa shape index (κ2) is 5.71. The van der Waals surface area contributed by atoms with Gasteiger partial charge in [0, 0.05) is 13.1 Å². The van der Waals surface area contributed by atoms with Gasteiger partial charge >= 0.3 is 0 Å². The summed E-state index contributed by atoms with van der Waals surface area (Å²) in [4.78, 5) is 12.1. The molecule has 0 aromatic carbocycles. The molecule has 0 fully saturated rings. The van der Waals surface area contributed by atoms with E-state index < -0.39 is 0 Å². The lowest BCUT2D eigenvalue weighted by atomic mass is 10.6. The highest BCUT2D eigenvalue weighted by Crippen LogP contribution is 2.11. The van der Waals surface area contributed by atoms with E-state index in [4.69, 9.17) is 5.73 Å². The zero-order valence-corrected chi connectivity index (χ0v) is 8.34. The van der Waals surface area contributed by atoms with Crippen LogP contribution in [0.3, 0.4) is 0 Å². The minimum Gasteiger partial charge on any atom is -0.353 e. The molecule has 1 heterocycles. The van der Waals surface area contributed by atoms with Crippen molar-refractivity contribution in [1.82, 2.24) is 15.0 Å². The van der Waals surface area contributed by atoms with Crippen molar-refractivity contribution in [3.63, 3.8) is 0 Å². The smallest absolute Gasteiger partial charge is 0.226 e. The normalized spacial score (nSPS) is 10.0. The van der Waals surface area contributed by atoms with Crippen LogP contribution in [0.1, 0.15) is 6.92 Å². The number of aromatic nitrogens is 3. The van der Waals surface area contributed by atoms with E-state index >= 15 is 0 Å². The molecule has 0 aliphatic carbocycles. The number of nitrogens with zero attached hydrogens (tertiary/aromatic N) is 3. The highest BCUT2D eigenvalue weighted by atomic mass is 32.2. The fourth-order valence-electron chi connectivity index (χ4n) is 0.749. The van der Waals surface area contributed by atoms with Gasteiger partial charge in [-0.2, -0.15) is 4.98 Å². The average molecular weight is 199 g/mol. The third-order valence-electron chi connectivity index (χ3n) is 1.25. The number of rotatable bonds is 5. The van der Waals surface area contributed by atoms with Crippen LogP contribution in [0.15, 0.2) is 11.5 Å². The summed E-state index contributed by atoms with van der Waals surface area (Å²) < 4.78 is 0. The molecule has 0 saturated carbocycles. The van der Waals surface area contributed by atoms with E-state index in [9.17, 15) is 0 Å². The van der Waals surface area contributed by atoms with Crippen LogP contribution in [0.2, 0.25) is 0 Å². The maximum Gasteiger partial charge on any atom is 0.226 e. The molecule has 3 N–H and O–H groups in total. The summed E-state index contributed by atoms with van der Waals surface area (Å²) in [5, 5.41) is 3.74. The quantitative estimate of drug-likeness (QED) is 0.666. The first-order valence-corrected chi connectivity index (χ1v) is 5.11. The maximum absolute atomic E-state index is 5.33. The van der Waals surface area contributed by atoms with Gasteiger partial charge in [-0.3, -0.25) is 0 Å². The zero-order chi connectivity index (χ0) is 9.52. The van der Waals surface area contributed by atoms with E-state index in [-0.39, 0.29) is 0 Å². The van der Waals surface area contributed by atoms with Crippen LogP contribution in [-0.2, 0) is 0 Å². The van der Waals surface area contributed by atoms with Crippen molar-refractivity contribution in [2.75, 3.05) is 24.2 Å². The first-order chi connectivity index (χ1) is 6.36. The molecule has 0 spiro atoms. The van der Waals surface area contributed by atoms with Gasteiger partial charge in [0.05, 0.1) is 0 Å². The summed E-state index contributed by atoms with van der Waals surface area (Å²) in [6.07, 6.45) is 1.50. The highest BCUT2D eigenvalue weighted by Gasteiger charge is 1.98. The summed E-state index contributed by atoms with van der Waals surface area (Å²) in [5.74, 6) is 1.55. The molecule has 13 heavy (non-hydrogen) atoms. The van der Waals surface area contributed by atoms with Gasteiger partial charge in [-0.1, -0.05) is 18.7 Å². The largest absolute Gasteiger partial charge is 0.353 e. The molecule has 1 rings (SSSR count). The van der Waals surface area contributed by atoms with E-state index in [1.807, 2.05) is 0 Å². The van der Waals surface area contributed by atoms with E-state index in [1.54, 1.807) is 11.8 Å². The molecule has 0 bridgehead atoms. The second-order valence-corrected chi connectivity index (χ2v) is 3.47. The minimum atomic E-state index is 0.571. The molecule has 1 aromatic rings. The van der Waals surface area contributed by atoms with Crippen LogP contribution in [0.5, 0.6) is 0 Å². The van der Waals surface area contributed by atoms with Crippen LogP contribution in [0.25, 0.3) is 0 Å². The van der Waals surface area contributed by atoms with Crippen molar-refractivity contribution < 1.29 is 0 Å². The SMILES string of the molecule is CCSc1ncnc(NCCN)n1. The van der Waals surface area contributed by atoms with Crippen molar-refractivity contribution in [2.45, 2.75) is 12.1 Å². The van der Waals surface area contributed by atoms with Gasteiger partial charge in [0.25, 0.3) is 0 Å². The summed E-state index contributed by atoms with van der Waals surface area (Å²) >= 11 is 1.59. The Hall–Kier alpha value is -0.880. The Morgan fingerprint density at radius 3 is 3.08 bits per heavy atom. The van der Waals surface area contributed by atoms with E-state index in [2.05, 4.69) is 27.2 Å². The van der Waals surface area contributed by atoms with E-state index in [1.165, 1.54) is 6.33 Å². The van der Waals surface area contributed by atoms with Gasteiger partial charge in [-0.15, -0.1) is 0 Å². The topological polar surface area (TPSA) is 76.7 Å². The summed E-state index contributed by atoms with van der Waals surface area (Å²) in [5.41, 5.74) is 5.33. The van der Waals surface area contributed by atoms with Crippen molar-refractivity contribution >= 4 is 17.7 Å². The summed E-state index contributed by atoms with van der Waals surface area (Å²) in [6.45, 7) is 3.31. The van der Waals surface area contributed by atoms with E-state index in [0.717, 1.165) is 10.9 Å². The zero-order valence-electron chi connectivity index (χ0n) is 7.53. The standard InChI is InChI=1S/C7H13N5S/c1-2-13-7-11-5-10-6(12-7)9-4-3-8/h5H,2-4,8H2,1H3,(H,9,10,11,12). The van der Waals surface area contributed by atoms with Crippen molar-refractivity contribution in [2.24, 2.45) is 5.73 Å². The molecule has 0 saturated heterocycles. The van der Waals surface area contributed by atoms with Gasteiger partial charge in [-0.05, 0) is 5.75 Å². The van der Waals surface area contributed by atoms with Crippen LogP contribution >= 0.6 is 11.8 Å². The van der Waals surface area contributed by atoms with Crippen LogP contribution in [0.4, 0.5) is 5.95 Å². The van der Waals surface area contributed by atoms with Gasteiger partial charge in [-0.25, -0.2) is 9.97 Å². The van der Waals surface area contributed by atoms with Crippen LogP contribution in [-0.4, -0.2) is 33.8 Å².